The molecule has 1 aromatic carbocycles. The van der Waals surface area contributed by atoms with Gasteiger partial charge in [0.25, 0.3) is 0 Å². The second-order valence-corrected chi connectivity index (χ2v) is 5.47. The summed E-state index contributed by atoms with van der Waals surface area (Å²) in [6, 6.07) is 7.91. The summed E-state index contributed by atoms with van der Waals surface area (Å²) in [6.07, 6.45) is 3.44. The average molecular weight is 259 g/mol. The van der Waals surface area contributed by atoms with Crippen molar-refractivity contribution in [2.45, 2.75) is 25.3 Å². The van der Waals surface area contributed by atoms with Crippen LogP contribution in [0.3, 0.4) is 0 Å². The fourth-order valence-electron chi connectivity index (χ4n) is 3.38. The van der Waals surface area contributed by atoms with E-state index in [4.69, 9.17) is 0 Å². The molecule has 2 saturated carbocycles. The van der Waals surface area contributed by atoms with Crippen LogP contribution in [-0.4, -0.2) is 17.0 Å². The van der Waals surface area contributed by atoms with Gasteiger partial charge in [-0.2, -0.15) is 0 Å². The molecule has 100 valence electrons. The van der Waals surface area contributed by atoms with E-state index in [-0.39, 0.29) is 11.8 Å². The minimum Gasteiger partial charge on any atom is -0.479 e. The third-order valence-corrected chi connectivity index (χ3v) is 4.38. The molecule has 0 radical (unpaired) electrons. The Morgan fingerprint density at radius 2 is 1.79 bits per heavy atom. The zero-order chi connectivity index (χ0) is 13.4. The maximum atomic E-state index is 12.1. The van der Waals surface area contributed by atoms with E-state index in [2.05, 4.69) is 5.32 Å². The van der Waals surface area contributed by atoms with Crippen molar-refractivity contribution < 1.29 is 14.7 Å². The minimum atomic E-state index is -1.01. The molecule has 0 heterocycles. The maximum absolute atomic E-state index is 12.1. The van der Waals surface area contributed by atoms with Crippen molar-refractivity contribution in [1.82, 2.24) is 5.32 Å². The lowest BCUT2D eigenvalue weighted by molar-refractivity contribution is -0.142. The Morgan fingerprint density at radius 3 is 2.37 bits per heavy atom. The maximum Gasteiger partial charge on any atom is 0.330 e. The molecule has 2 fully saturated rings. The minimum absolute atomic E-state index is 0.0549. The van der Waals surface area contributed by atoms with Crippen LogP contribution in [0.25, 0.3) is 0 Å². The number of nitrogens with one attached hydrogen (secondary N) is 1. The molecule has 2 unspecified atom stereocenters. The monoisotopic (exact) mass is 259 g/mol. The highest BCUT2D eigenvalue weighted by atomic mass is 16.4. The van der Waals surface area contributed by atoms with Gasteiger partial charge in [0.1, 0.15) is 0 Å². The number of fused-ring (bicyclic) bond motifs is 1. The van der Waals surface area contributed by atoms with Crippen LogP contribution in [0.15, 0.2) is 30.3 Å². The summed E-state index contributed by atoms with van der Waals surface area (Å²) in [6.45, 7) is 0. The molecule has 0 spiro atoms. The lowest BCUT2D eigenvalue weighted by atomic mass is 10.1. The zero-order valence-corrected chi connectivity index (χ0v) is 10.6. The Kier molecular flexibility index (Phi) is 3.01. The lowest BCUT2D eigenvalue weighted by Gasteiger charge is -2.15. The first-order valence-corrected chi connectivity index (χ1v) is 6.76. The predicted octanol–water partition coefficient (Wildman–Crippen LogP) is 1.97. The van der Waals surface area contributed by atoms with Crippen LogP contribution in [0.5, 0.6) is 0 Å². The molecule has 2 aliphatic carbocycles. The normalized spacial score (nSPS) is 29.4. The number of benzene rings is 1. The molecule has 4 nitrogen and oxygen atoms in total. The summed E-state index contributed by atoms with van der Waals surface area (Å²) in [5.41, 5.74) is 0.620. The van der Waals surface area contributed by atoms with Crippen LogP contribution < -0.4 is 5.32 Å². The van der Waals surface area contributed by atoms with Crippen LogP contribution >= 0.6 is 0 Å². The molecule has 4 heteroatoms. The number of hydrogen-bond donors (Lipinski definition) is 2. The molecule has 0 bridgehead atoms. The van der Waals surface area contributed by atoms with Crippen molar-refractivity contribution in [2.75, 3.05) is 0 Å². The molecule has 0 saturated heterocycles. The summed E-state index contributed by atoms with van der Waals surface area (Å²) < 4.78 is 0. The SMILES string of the molecule is O=C(N[C@@H](C(=O)O)c1ccccc1)C1C2CCCC21. The van der Waals surface area contributed by atoms with Gasteiger partial charge in [-0.3, -0.25) is 4.79 Å². The predicted molar refractivity (Wildman–Crippen MR) is 69.3 cm³/mol. The number of carbonyl (C=O) groups excluding carboxylic acids is 1. The number of carboxylic acid groups (broad SMARTS) is 1. The van der Waals surface area contributed by atoms with Gasteiger partial charge in [0, 0.05) is 5.92 Å². The first-order chi connectivity index (χ1) is 9.18. The molecule has 2 aliphatic rings. The summed E-state index contributed by atoms with van der Waals surface area (Å²) in [5, 5.41) is 12.0. The highest BCUT2D eigenvalue weighted by Crippen LogP contribution is 2.57. The standard InChI is InChI=1S/C15H17NO3/c17-14(12-10-7-4-8-11(10)12)16-13(15(18)19)9-5-2-1-3-6-9/h1-3,5-6,10-13H,4,7-8H2,(H,16,17)(H,18,19)/t10?,11?,12?,13-/m1/s1. The fraction of sp³-hybridized carbons (Fsp3) is 0.467. The molecular formula is C15H17NO3. The van der Waals surface area contributed by atoms with Gasteiger partial charge in [-0.1, -0.05) is 36.8 Å². The van der Waals surface area contributed by atoms with Gasteiger partial charge in [-0.15, -0.1) is 0 Å². The number of carbonyl (C=O) groups is 2. The Morgan fingerprint density at radius 1 is 1.16 bits per heavy atom. The van der Waals surface area contributed by atoms with Crippen molar-refractivity contribution in [1.29, 1.82) is 0 Å². The van der Waals surface area contributed by atoms with Crippen molar-refractivity contribution in [3.63, 3.8) is 0 Å². The first kappa shape index (κ1) is 12.2. The van der Waals surface area contributed by atoms with Gasteiger partial charge < -0.3 is 10.4 Å². The van der Waals surface area contributed by atoms with Crippen molar-refractivity contribution >= 4 is 11.9 Å². The molecule has 19 heavy (non-hydrogen) atoms. The highest BCUT2D eigenvalue weighted by molar-refractivity contribution is 5.88. The van der Waals surface area contributed by atoms with Gasteiger partial charge in [0.05, 0.1) is 0 Å². The third kappa shape index (κ3) is 2.23. The van der Waals surface area contributed by atoms with Crippen LogP contribution in [-0.2, 0) is 9.59 Å². The summed E-state index contributed by atoms with van der Waals surface area (Å²) >= 11 is 0. The quantitative estimate of drug-likeness (QED) is 0.868. The lowest BCUT2D eigenvalue weighted by Crippen LogP contribution is -2.35. The van der Waals surface area contributed by atoms with Crippen molar-refractivity contribution in [3.05, 3.63) is 35.9 Å². The number of aliphatic carboxylic acids is 1. The Hall–Kier alpha value is -1.84. The van der Waals surface area contributed by atoms with E-state index in [1.54, 1.807) is 24.3 Å². The van der Waals surface area contributed by atoms with Gasteiger partial charge >= 0.3 is 5.97 Å². The third-order valence-electron chi connectivity index (χ3n) is 4.38. The van der Waals surface area contributed by atoms with Gasteiger partial charge in [0.2, 0.25) is 5.91 Å². The molecule has 0 aliphatic heterocycles. The van der Waals surface area contributed by atoms with Gasteiger partial charge in [-0.05, 0) is 30.2 Å². The number of rotatable bonds is 4. The van der Waals surface area contributed by atoms with E-state index in [0.29, 0.717) is 17.4 Å². The van der Waals surface area contributed by atoms with Crippen LogP contribution in [0.2, 0.25) is 0 Å². The topological polar surface area (TPSA) is 66.4 Å². The summed E-state index contributed by atoms with van der Waals surface area (Å²) in [4.78, 5) is 23.4. The average Bonchev–Trinajstić information content (AvgIpc) is 2.90. The van der Waals surface area contributed by atoms with Gasteiger partial charge in [0.15, 0.2) is 6.04 Å². The molecule has 3 atom stereocenters. The summed E-state index contributed by atoms with van der Waals surface area (Å²) in [7, 11) is 0. The van der Waals surface area contributed by atoms with Crippen molar-refractivity contribution in [2.24, 2.45) is 17.8 Å². The number of amides is 1. The highest BCUT2D eigenvalue weighted by Gasteiger charge is 2.56. The largest absolute Gasteiger partial charge is 0.479 e. The van der Waals surface area contributed by atoms with Crippen LogP contribution in [0.1, 0.15) is 30.9 Å². The fourth-order valence-corrected chi connectivity index (χ4v) is 3.38. The molecule has 3 rings (SSSR count). The number of carboxylic acids is 1. The van der Waals surface area contributed by atoms with Gasteiger partial charge in [-0.25, -0.2) is 4.79 Å². The van der Waals surface area contributed by atoms with E-state index < -0.39 is 12.0 Å². The first-order valence-electron chi connectivity index (χ1n) is 6.76. The van der Waals surface area contributed by atoms with Crippen LogP contribution in [0, 0.1) is 17.8 Å². The Balaban J connectivity index is 1.69. The van der Waals surface area contributed by atoms with E-state index in [1.165, 1.54) is 6.42 Å². The smallest absolute Gasteiger partial charge is 0.330 e. The summed E-state index contributed by atoms with van der Waals surface area (Å²) in [5.74, 6) is -0.0361. The van der Waals surface area contributed by atoms with Crippen LogP contribution in [0.4, 0.5) is 0 Å². The molecule has 1 amide bonds. The van der Waals surface area contributed by atoms with E-state index in [9.17, 15) is 14.7 Å². The molecular weight excluding hydrogens is 242 g/mol. The zero-order valence-electron chi connectivity index (χ0n) is 10.6. The van der Waals surface area contributed by atoms with E-state index in [0.717, 1.165) is 12.8 Å². The Bertz CT molecular complexity index is 489. The second kappa shape index (κ2) is 4.68. The molecule has 2 N–H and O–H groups in total. The van der Waals surface area contributed by atoms with E-state index in [1.807, 2.05) is 6.07 Å². The second-order valence-electron chi connectivity index (χ2n) is 5.47. The van der Waals surface area contributed by atoms with Crippen molar-refractivity contribution in [3.8, 4) is 0 Å². The Labute approximate surface area is 111 Å². The molecule has 1 aromatic rings. The number of hydrogen-bond acceptors (Lipinski definition) is 2. The molecule has 0 aromatic heterocycles. The van der Waals surface area contributed by atoms with E-state index >= 15 is 0 Å².